The predicted molar refractivity (Wildman–Crippen MR) is 496 cm³/mol. The van der Waals surface area contributed by atoms with Gasteiger partial charge in [-0.15, -0.1) is 0 Å². The van der Waals surface area contributed by atoms with Gasteiger partial charge in [0, 0.05) is 46.3 Å². The summed E-state index contributed by atoms with van der Waals surface area (Å²) in [6, 6.07) is 87.1. The van der Waals surface area contributed by atoms with E-state index >= 15 is 0 Å². The van der Waals surface area contributed by atoms with E-state index in [4.69, 9.17) is 43.1 Å². The lowest BCUT2D eigenvalue weighted by molar-refractivity contribution is -0.191. The summed E-state index contributed by atoms with van der Waals surface area (Å²) in [6.45, 7) is 27.4. The number of hydrogen-bond acceptors (Lipinski definition) is 21. The highest BCUT2D eigenvalue weighted by Crippen LogP contribution is 2.40. The molecule has 0 spiro atoms. The Bertz CT molecular complexity index is 4830. The molecule has 0 aromatic heterocycles. The molecule has 12 aromatic rings. The van der Waals surface area contributed by atoms with Crippen molar-refractivity contribution in [3.05, 3.63) is 358 Å². The molecule has 0 saturated carbocycles. The van der Waals surface area contributed by atoms with Gasteiger partial charge in [-0.1, -0.05) is 258 Å². The minimum atomic E-state index is -0.814. The molecule has 0 fully saturated rings. The number of esters is 3. The van der Waals surface area contributed by atoms with E-state index in [9.17, 15) is 54.6 Å². The first kappa shape index (κ1) is 111. The van der Waals surface area contributed by atoms with Gasteiger partial charge in [0.2, 0.25) is 0 Å². The fraction of sp³-hybridized carbons (Fsp3) is 0.250. The van der Waals surface area contributed by atoms with Crippen LogP contribution in [0.15, 0.2) is 291 Å². The zero-order chi connectivity index (χ0) is 89.0. The third kappa shape index (κ3) is 31.7. The second kappa shape index (κ2) is 49.8. The van der Waals surface area contributed by atoms with Gasteiger partial charge < -0.3 is 79.9 Å². The van der Waals surface area contributed by atoms with Crippen LogP contribution >= 0.6 is 0 Å². The maximum atomic E-state index is 12.4. The van der Waals surface area contributed by atoms with Gasteiger partial charge in [-0.25, -0.2) is 14.4 Å². The molecule has 12 aromatic carbocycles. The molecule has 0 aliphatic carbocycles. The van der Waals surface area contributed by atoms with Crippen LogP contribution in [0, 0.1) is 0 Å². The molecule has 12 rings (SSSR count). The third-order valence-electron chi connectivity index (χ3n) is 20.7. The summed E-state index contributed by atoms with van der Waals surface area (Å²) in [4.78, 5) is 72.5. The van der Waals surface area contributed by atoms with Crippen molar-refractivity contribution in [1.29, 1.82) is 0 Å². The van der Waals surface area contributed by atoms with E-state index in [1.807, 2.05) is 146 Å². The van der Waals surface area contributed by atoms with E-state index in [1.54, 1.807) is 146 Å². The molecule has 127 heavy (non-hydrogen) atoms. The molecule has 0 aliphatic rings. The minimum Gasteiger partial charge on any atom is -0.508 e. The van der Waals surface area contributed by atoms with Crippen LogP contribution in [0.2, 0.25) is 0 Å². The fourth-order valence-electron chi connectivity index (χ4n) is 12.7. The number of rotatable bonds is 19. The molecule has 0 radical (unpaired) electrons. The Balaban J connectivity index is 0.000000830. The standard InChI is InChI=1S/2C31H30O5.2C17H18O3.C3H6O3.CO2.4CH4.2H2O/c2*1-30(2,21-5-13-25(32)14-6-21)23-9-17-27(18-10-23)35-29(34)36-28-19-11-24(12-20-28)31(3,4)22-7-15-26(33)16-8-22;2*1-12(18)20-16-10-6-14(7-11-16)17(2,3)13-4-8-15(19)9-5-13;1-6-3(5)2-4;2-1-3;;;;;;/h2*5-20,32-33H,1-4H3;2*4-11,19H,1-3H3;4H,2H2,1H3;;4*1H4;2*1H2/p+1. The number of phenols is 6. The SMILES string of the molecule is C.C.C.C.CC(=O)Oc1ccc(C(C)(C)c2ccc(O)cc2)cc1.CC(=O)Oc1ccc(C(C)(C)c2ccc(O)cc2)cc1.CC(C)(c1ccc(O)cc1)c1ccc(OC(=O)Oc2ccc(C(C)(C)c3ccc(O)cc3)cc2)cc1.CC(C)(c1ccc(O)cc1)c1ccc(OC(=O)Oc2ccc(C(C)(C)c3ccc(O)cc3)cc2)cc1.COC(=O)CO.O.O=C=O.[OH3+]. The van der Waals surface area contributed by atoms with Gasteiger partial charge in [-0.2, -0.15) is 9.59 Å². The Morgan fingerprint density at radius 2 is 0.362 bits per heavy atom. The highest BCUT2D eigenvalue weighted by atomic mass is 16.7. The van der Waals surface area contributed by atoms with Crippen molar-refractivity contribution in [2.24, 2.45) is 0 Å². The van der Waals surface area contributed by atoms with Crippen LogP contribution in [-0.2, 0) is 66.7 Å². The van der Waals surface area contributed by atoms with Crippen LogP contribution in [0.4, 0.5) is 9.59 Å². The molecule has 0 heterocycles. The number of ether oxygens (including phenoxy) is 7. The van der Waals surface area contributed by atoms with Crippen molar-refractivity contribution in [1.82, 2.24) is 0 Å². The molecule has 0 aliphatic heterocycles. The monoisotopic (exact) mass is 1740 g/mol. The quantitative estimate of drug-likeness (QED) is 0.0171. The van der Waals surface area contributed by atoms with Crippen LogP contribution < -0.4 is 28.4 Å². The van der Waals surface area contributed by atoms with Crippen molar-refractivity contribution < 1.29 is 113 Å². The summed E-state index contributed by atoms with van der Waals surface area (Å²) in [7, 11) is 1.22. The van der Waals surface area contributed by atoms with Crippen molar-refractivity contribution in [3.8, 4) is 69.0 Å². The van der Waals surface area contributed by atoms with Crippen molar-refractivity contribution >= 4 is 36.4 Å². The number of hydrogen-bond donors (Lipinski definition) is 7. The number of aliphatic hydroxyl groups excluding tert-OH is 1. The molecular formula is C104H123O23+. The maximum Gasteiger partial charge on any atom is 0.519 e. The molecule has 23 nitrogen and oxygen atoms in total. The molecule has 12 N–H and O–H groups in total. The Morgan fingerprint density at radius 1 is 0.252 bits per heavy atom. The van der Waals surface area contributed by atoms with Crippen LogP contribution in [-0.4, -0.2) is 91.3 Å². The third-order valence-corrected chi connectivity index (χ3v) is 20.7. The molecule has 676 valence electrons. The van der Waals surface area contributed by atoms with Crippen LogP contribution in [0.25, 0.3) is 0 Å². The minimum absolute atomic E-state index is 0. The fourth-order valence-corrected chi connectivity index (χ4v) is 12.7. The van der Waals surface area contributed by atoms with E-state index in [2.05, 4.69) is 87.8 Å². The molecule has 0 bridgehead atoms. The number of carbonyl (C=O) groups is 5. The highest BCUT2D eigenvalue weighted by molar-refractivity contribution is 5.71. The summed E-state index contributed by atoms with van der Waals surface area (Å²) in [5.74, 6) is 2.81. The van der Waals surface area contributed by atoms with Crippen LogP contribution in [0.5, 0.6) is 69.0 Å². The number of carbonyl (C=O) groups excluding carboxylic acids is 7. The van der Waals surface area contributed by atoms with E-state index < -0.39 is 24.9 Å². The summed E-state index contributed by atoms with van der Waals surface area (Å²) < 4.78 is 35.5. The highest BCUT2D eigenvalue weighted by Gasteiger charge is 2.30. The van der Waals surface area contributed by atoms with Gasteiger partial charge in [0.1, 0.15) is 75.6 Å². The number of aromatic hydroxyl groups is 6. The van der Waals surface area contributed by atoms with E-state index in [1.165, 1.54) is 21.0 Å². The van der Waals surface area contributed by atoms with Gasteiger partial charge in [-0.05, 0) is 212 Å². The molecule has 0 atom stereocenters. The Morgan fingerprint density at radius 3 is 0.457 bits per heavy atom. The Hall–Kier alpha value is -14.4. The van der Waals surface area contributed by atoms with E-state index in [-0.39, 0.29) is 126 Å². The zero-order valence-corrected chi connectivity index (χ0v) is 71.3. The maximum absolute atomic E-state index is 12.4. The average Bonchev–Trinajstić information content (AvgIpc) is 0.829. The van der Waals surface area contributed by atoms with Gasteiger partial charge in [0.25, 0.3) is 0 Å². The van der Waals surface area contributed by atoms with Crippen molar-refractivity contribution in [2.45, 2.75) is 159 Å². The topological polar surface area (TPSA) is 390 Å². The second-order valence-corrected chi connectivity index (χ2v) is 31.1. The van der Waals surface area contributed by atoms with Gasteiger partial charge in [0.05, 0.1) is 7.11 Å². The second-order valence-electron chi connectivity index (χ2n) is 31.1. The average molecular weight is 1740 g/mol. The number of phenolic OH excluding ortho intramolecular Hbond substituents is 6. The van der Waals surface area contributed by atoms with Crippen molar-refractivity contribution in [2.75, 3.05) is 13.7 Å². The van der Waals surface area contributed by atoms with Crippen molar-refractivity contribution in [3.63, 3.8) is 0 Å². The smallest absolute Gasteiger partial charge is 0.508 e. The molecule has 0 amide bonds. The van der Waals surface area contributed by atoms with Gasteiger partial charge in [0.15, 0.2) is 0 Å². The van der Waals surface area contributed by atoms with Gasteiger partial charge in [-0.3, -0.25) is 9.59 Å². The lowest BCUT2D eigenvalue weighted by atomic mass is 9.78. The zero-order valence-electron chi connectivity index (χ0n) is 71.3. The molecule has 23 heteroatoms. The lowest BCUT2D eigenvalue weighted by Crippen LogP contribution is -2.19. The van der Waals surface area contributed by atoms with Gasteiger partial charge >= 0.3 is 36.4 Å². The molecular weight excluding hydrogens is 1620 g/mol. The largest absolute Gasteiger partial charge is 0.519 e. The first-order valence-corrected chi connectivity index (χ1v) is 38.4. The summed E-state index contributed by atoms with van der Waals surface area (Å²) >= 11 is 0. The normalized spacial score (nSPS) is 10.6. The van der Waals surface area contributed by atoms with E-state index in [0.29, 0.717) is 34.5 Å². The summed E-state index contributed by atoms with van der Waals surface area (Å²) in [5.41, 5.74) is 11.3. The Kier molecular flexibility index (Phi) is 43.4. The van der Waals surface area contributed by atoms with E-state index in [0.717, 1.165) is 66.8 Å². The summed E-state index contributed by atoms with van der Waals surface area (Å²) in [5, 5.41) is 64.8. The number of methoxy groups -OCH3 is 1. The Labute approximate surface area is 745 Å². The number of benzene rings is 12. The first-order valence-electron chi connectivity index (χ1n) is 38.4. The molecule has 0 saturated heterocycles. The lowest BCUT2D eigenvalue weighted by Gasteiger charge is -2.26. The van der Waals surface area contributed by atoms with Crippen LogP contribution in [0.1, 0.15) is 193 Å². The number of aliphatic hydroxyl groups is 1. The van der Waals surface area contributed by atoms with Crippen LogP contribution in [0.3, 0.4) is 0 Å². The predicted octanol–water partition coefficient (Wildman–Crippen LogP) is 21.3. The summed E-state index contributed by atoms with van der Waals surface area (Å²) in [6.07, 6.45) is -1.38. The first-order chi connectivity index (χ1) is 57.1. The molecule has 0 unspecified atom stereocenters.